The molecule has 4 aromatic rings. The Morgan fingerprint density at radius 3 is 2.68 bits per heavy atom. The number of furan rings is 1. The van der Waals surface area contributed by atoms with Crippen LogP contribution in [0.25, 0.3) is 22.5 Å². The molecule has 0 unspecified atom stereocenters. The van der Waals surface area contributed by atoms with Gasteiger partial charge in [-0.3, -0.25) is 0 Å². The van der Waals surface area contributed by atoms with E-state index in [2.05, 4.69) is 15.1 Å². The molecule has 0 bridgehead atoms. The molecular weight excluding hydrogens is 280 g/mol. The van der Waals surface area contributed by atoms with Crippen LogP contribution < -0.4 is 0 Å². The molecule has 0 amide bonds. The minimum absolute atomic E-state index is 0.101. The highest BCUT2D eigenvalue weighted by Gasteiger charge is 2.19. The summed E-state index contributed by atoms with van der Waals surface area (Å²) in [5.41, 5.74) is 2.20. The van der Waals surface area contributed by atoms with Crippen molar-refractivity contribution < 1.29 is 9.52 Å². The van der Waals surface area contributed by atoms with Crippen molar-refractivity contribution in [1.82, 2.24) is 19.7 Å². The quantitative estimate of drug-likeness (QED) is 0.628. The zero-order chi connectivity index (χ0) is 14.9. The van der Waals surface area contributed by atoms with Gasteiger partial charge in [0, 0.05) is 0 Å². The monoisotopic (exact) mass is 292 g/mol. The van der Waals surface area contributed by atoms with Crippen molar-refractivity contribution in [3.8, 4) is 17.3 Å². The highest BCUT2D eigenvalue weighted by atomic mass is 16.3. The number of rotatable bonds is 3. The summed E-state index contributed by atoms with van der Waals surface area (Å²) in [5.74, 6) is 0.470. The van der Waals surface area contributed by atoms with E-state index < -0.39 is 0 Å². The van der Waals surface area contributed by atoms with Crippen molar-refractivity contribution in [3.05, 3.63) is 60.6 Å². The van der Waals surface area contributed by atoms with Gasteiger partial charge in [0.05, 0.1) is 12.8 Å². The second-order valence-corrected chi connectivity index (χ2v) is 4.87. The molecule has 0 saturated carbocycles. The lowest BCUT2D eigenvalue weighted by Gasteiger charge is -2.02. The van der Waals surface area contributed by atoms with Crippen molar-refractivity contribution >= 4 is 11.0 Å². The summed E-state index contributed by atoms with van der Waals surface area (Å²) in [4.78, 5) is 8.10. The summed E-state index contributed by atoms with van der Waals surface area (Å²) >= 11 is 0. The minimum Gasteiger partial charge on any atom is -0.493 e. The molecule has 4 rings (SSSR count). The molecule has 1 N–H and O–H groups in total. The van der Waals surface area contributed by atoms with Crippen molar-refractivity contribution in [2.24, 2.45) is 0 Å². The highest BCUT2D eigenvalue weighted by Crippen LogP contribution is 2.32. The summed E-state index contributed by atoms with van der Waals surface area (Å²) in [6, 6.07) is 13.5. The fourth-order valence-corrected chi connectivity index (χ4v) is 2.45. The van der Waals surface area contributed by atoms with E-state index in [1.165, 1.54) is 6.33 Å². The summed E-state index contributed by atoms with van der Waals surface area (Å²) in [6.45, 7) is 0.550. The maximum Gasteiger partial charge on any atom is 0.226 e. The van der Waals surface area contributed by atoms with Gasteiger partial charge in [-0.2, -0.15) is 5.10 Å². The summed E-state index contributed by atoms with van der Waals surface area (Å²) in [6.07, 6.45) is 2.89. The van der Waals surface area contributed by atoms with Gasteiger partial charge in [0.25, 0.3) is 0 Å². The SMILES string of the molecule is Oc1ncnc2c1c(-c1ccco1)nn2Cc1ccccc1. The number of fused-ring (bicyclic) bond motifs is 1. The van der Waals surface area contributed by atoms with E-state index >= 15 is 0 Å². The Hall–Kier alpha value is -3.15. The first kappa shape index (κ1) is 12.6. The van der Waals surface area contributed by atoms with Crippen LogP contribution in [-0.4, -0.2) is 24.9 Å². The first-order chi connectivity index (χ1) is 10.8. The molecule has 0 radical (unpaired) electrons. The fraction of sp³-hybridized carbons (Fsp3) is 0.0625. The number of nitrogens with zero attached hydrogens (tertiary/aromatic N) is 4. The van der Waals surface area contributed by atoms with Gasteiger partial charge in [-0.1, -0.05) is 30.3 Å². The van der Waals surface area contributed by atoms with Crippen LogP contribution >= 0.6 is 0 Å². The zero-order valence-corrected chi connectivity index (χ0v) is 11.5. The Labute approximate surface area is 125 Å². The molecule has 0 spiro atoms. The average Bonchev–Trinajstić information content (AvgIpc) is 3.17. The fourth-order valence-electron chi connectivity index (χ4n) is 2.45. The molecular formula is C16H12N4O2. The number of hydrogen-bond donors (Lipinski definition) is 1. The average molecular weight is 292 g/mol. The molecule has 0 aliphatic heterocycles. The molecule has 6 nitrogen and oxygen atoms in total. The molecule has 108 valence electrons. The van der Waals surface area contributed by atoms with E-state index in [9.17, 15) is 5.11 Å². The van der Waals surface area contributed by atoms with E-state index in [0.717, 1.165) is 5.56 Å². The molecule has 0 aliphatic rings. The van der Waals surface area contributed by atoms with Crippen LogP contribution in [0.4, 0.5) is 0 Å². The van der Waals surface area contributed by atoms with Gasteiger partial charge >= 0.3 is 0 Å². The zero-order valence-electron chi connectivity index (χ0n) is 11.5. The van der Waals surface area contributed by atoms with E-state index in [1.807, 2.05) is 30.3 Å². The van der Waals surface area contributed by atoms with Gasteiger partial charge in [0.1, 0.15) is 17.4 Å². The number of benzene rings is 1. The van der Waals surface area contributed by atoms with Crippen LogP contribution in [0.5, 0.6) is 5.88 Å². The Balaban J connectivity index is 1.91. The Kier molecular flexibility index (Phi) is 2.86. The molecule has 22 heavy (non-hydrogen) atoms. The van der Waals surface area contributed by atoms with E-state index in [1.54, 1.807) is 23.1 Å². The normalized spacial score (nSPS) is 11.1. The molecule has 3 aromatic heterocycles. The minimum atomic E-state index is -0.101. The second kappa shape index (κ2) is 5.00. The van der Waals surface area contributed by atoms with Crippen LogP contribution in [0.2, 0.25) is 0 Å². The third kappa shape index (κ3) is 2.01. The van der Waals surface area contributed by atoms with Crippen LogP contribution in [0, 0.1) is 0 Å². The molecule has 0 saturated heterocycles. The standard InChI is InChI=1S/C16H12N4O2/c21-16-13-14(12-7-4-8-22-12)19-20(15(13)17-10-18-16)9-11-5-2-1-3-6-11/h1-8,10H,9H2,(H,17,18,21). The number of aromatic nitrogens is 4. The van der Waals surface area contributed by atoms with Crippen molar-refractivity contribution in [2.75, 3.05) is 0 Å². The number of hydrogen-bond acceptors (Lipinski definition) is 5. The Morgan fingerprint density at radius 1 is 1.05 bits per heavy atom. The van der Waals surface area contributed by atoms with E-state index in [0.29, 0.717) is 29.0 Å². The van der Waals surface area contributed by atoms with E-state index in [4.69, 9.17) is 4.42 Å². The smallest absolute Gasteiger partial charge is 0.226 e. The maximum atomic E-state index is 10.1. The van der Waals surface area contributed by atoms with Crippen LogP contribution in [0.15, 0.2) is 59.5 Å². The highest BCUT2D eigenvalue weighted by molar-refractivity contribution is 5.93. The van der Waals surface area contributed by atoms with Crippen LogP contribution in [0.1, 0.15) is 5.56 Å². The molecule has 3 heterocycles. The molecule has 0 atom stereocenters. The van der Waals surface area contributed by atoms with Gasteiger partial charge < -0.3 is 9.52 Å². The second-order valence-electron chi connectivity index (χ2n) is 4.87. The molecule has 0 aliphatic carbocycles. The summed E-state index contributed by atoms with van der Waals surface area (Å²) < 4.78 is 7.14. The van der Waals surface area contributed by atoms with Crippen LogP contribution in [-0.2, 0) is 6.54 Å². The van der Waals surface area contributed by atoms with Crippen molar-refractivity contribution in [1.29, 1.82) is 0 Å². The lowest BCUT2D eigenvalue weighted by atomic mass is 10.2. The van der Waals surface area contributed by atoms with Crippen molar-refractivity contribution in [3.63, 3.8) is 0 Å². The van der Waals surface area contributed by atoms with E-state index in [-0.39, 0.29) is 5.88 Å². The molecule has 6 heteroatoms. The maximum absolute atomic E-state index is 10.1. The lowest BCUT2D eigenvalue weighted by molar-refractivity contribution is 0.459. The summed E-state index contributed by atoms with van der Waals surface area (Å²) in [7, 11) is 0. The van der Waals surface area contributed by atoms with Gasteiger partial charge in [-0.15, -0.1) is 0 Å². The predicted octanol–water partition coefficient (Wildman–Crippen LogP) is 2.84. The first-order valence-electron chi connectivity index (χ1n) is 6.81. The largest absolute Gasteiger partial charge is 0.493 e. The van der Waals surface area contributed by atoms with Gasteiger partial charge in [-0.25, -0.2) is 14.6 Å². The Bertz CT molecular complexity index is 914. The third-order valence-electron chi connectivity index (χ3n) is 3.44. The number of aromatic hydroxyl groups is 1. The lowest BCUT2D eigenvalue weighted by Crippen LogP contribution is -2.02. The topological polar surface area (TPSA) is 77.0 Å². The first-order valence-corrected chi connectivity index (χ1v) is 6.81. The summed E-state index contributed by atoms with van der Waals surface area (Å²) in [5, 5.41) is 15.1. The van der Waals surface area contributed by atoms with Gasteiger partial charge in [0.15, 0.2) is 11.4 Å². The predicted molar refractivity (Wildman–Crippen MR) is 80.2 cm³/mol. The van der Waals surface area contributed by atoms with Crippen LogP contribution in [0.3, 0.4) is 0 Å². The van der Waals surface area contributed by atoms with Gasteiger partial charge in [-0.05, 0) is 17.7 Å². The van der Waals surface area contributed by atoms with Gasteiger partial charge in [0.2, 0.25) is 5.88 Å². The molecule has 0 fully saturated rings. The molecule has 1 aromatic carbocycles. The Morgan fingerprint density at radius 2 is 1.91 bits per heavy atom. The van der Waals surface area contributed by atoms with Crippen molar-refractivity contribution in [2.45, 2.75) is 6.54 Å². The third-order valence-corrected chi connectivity index (χ3v) is 3.44.